The van der Waals surface area contributed by atoms with Crippen molar-refractivity contribution in [1.82, 2.24) is 5.32 Å². The Kier molecular flexibility index (Phi) is 6.31. The van der Waals surface area contributed by atoms with Gasteiger partial charge in [0.2, 0.25) is 5.91 Å². The van der Waals surface area contributed by atoms with Crippen LogP contribution in [-0.4, -0.2) is 36.7 Å². The second-order valence-electron chi connectivity index (χ2n) is 7.10. The molecule has 0 aliphatic heterocycles. The molecule has 1 aliphatic carbocycles. The molecule has 2 atom stereocenters. The van der Waals surface area contributed by atoms with E-state index in [0.29, 0.717) is 11.7 Å². The molecule has 2 aromatic carbocycles. The van der Waals surface area contributed by atoms with Gasteiger partial charge in [-0.1, -0.05) is 24.3 Å². The molecule has 0 spiro atoms. The number of amides is 1. The van der Waals surface area contributed by atoms with Gasteiger partial charge in [0, 0.05) is 7.11 Å². The quantitative estimate of drug-likeness (QED) is 0.692. The van der Waals surface area contributed by atoms with Crippen molar-refractivity contribution in [3.05, 3.63) is 65.2 Å². The molecule has 2 aromatic rings. The summed E-state index contributed by atoms with van der Waals surface area (Å²) in [6.45, 7) is 1.85. The molecule has 1 aliphatic rings. The molecule has 28 heavy (non-hydrogen) atoms. The maximum absolute atomic E-state index is 12.0. The van der Waals surface area contributed by atoms with Gasteiger partial charge in [0.05, 0.1) is 11.6 Å². The number of hydrogen-bond donors (Lipinski definition) is 2. The zero-order valence-electron chi connectivity index (χ0n) is 16.1. The molecule has 3 rings (SSSR count). The van der Waals surface area contributed by atoms with E-state index in [4.69, 9.17) is 14.6 Å². The van der Waals surface area contributed by atoms with Gasteiger partial charge in [0.1, 0.15) is 18.5 Å². The number of carbonyl (C=O) groups is 2. The average molecular weight is 383 g/mol. The van der Waals surface area contributed by atoms with Crippen LogP contribution in [-0.2, 0) is 9.53 Å². The Hall–Kier alpha value is -2.86. The lowest BCUT2D eigenvalue weighted by molar-refractivity contribution is -0.126. The predicted octanol–water partition coefficient (Wildman–Crippen LogP) is 3.53. The molecule has 1 fully saturated rings. The van der Waals surface area contributed by atoms with E-state index in [-0.39, 0.29) is 24.1 Å². The number of methoxy groups -OCH3 is 1. The van der Waals surface area contributed by atoms with E-state index in [0.717, 1.165) is 5.56 Å². The van der Waals surface area contributed by atoms with Crippen LogP contribution in [0.25, 0.3) is 0 Å². The molecule has 6 heteroatoms. The number of rotatable bonds is 9. The summed E-state index contributed by atoms with van der Waals surface area (Å²) in [6, 6.07) is 14.2. The van der Waals surface area contributed by atoms with Gasteiger partial charge in [-0.05, 0) is 61.1 Å². The molecule has 2 N–H and O–H groups in total. The summed E-state index contributed by atoms with van der Waals surface area (Å²) >= 11 is 0. The van der Waals surface area contributed by atoms with Gasteiger partial charge in [-0.25, -0.2) is 4.79 Å². The van der Waals surface area contributed by atoms with Crippen LogP contribution in [0.15, 0.2) is 48.5 Å². The predicted molar refractivity (Wildman–Crippen MR) is 105 cm³/mol. The van der Waals surface area contributed by atoms with Gasteiger partial charge in [-0.3, -0.25) is 4.79 Å². The minimum absolute atomic E-state index is 0.0228. The summed E-state index contributed by atoms with van der Waals surface area (Å²) in [4.78, 5) is 23.0. The minimum Gasteiger partial charge on any atom is -0.484 e. The van der Waals surface area contributed by atoms with Gasteiger partial charge in [0.15, 0.2) is 0 Å². The van der Waals surface area contributed by atoms with Crippen molar-refractivity contribution in [2.45, 2.75) is 37.8 Å². The molecule has 1 saturated carbocycles. The largest absolute Gasteiger partial charge is 0.484 e. The number of carboxylic acids is 1. The van der Waals surface area contributed by atoms with Gasteiger partial charge in [-0.15, -0.1) is 0 Å². The zero-order chi connectivity index (χ0) is 20.1. The molecular formula is C22H25NO5. The maximum atomic E-state index is 12.0. The minimum atomic E-state index is -0.987. The number of nitrogens with one attached hydrogen (secondary N) is 1. The first-order valence-corrected chi connectivity index (χ1v) is 9.36. The first-order valence-electron chi connectivity index (χ1n) is 9.36. The summed E-state index contributed by atoms with van der Waals surface area (Å²) in [5, 5.41) is 11.9. The average Bonchev–Trinajstić information content (AvgIpc) is 3.52. The Morgan fingerprint density at radius 1 is 1.11 bits per heavy atom. The third kappa shape index (κ3) is 5.10. The number of ether oxygens (including phenoxy) is 2. The van der Waals surface area contributed by atoms with Crippen molar-refractivity contribution in [2.24, 2.45) is 0 Å². The van der Waals surface area contributed by atoms with E-state index in [2.05, 4.69) is 17.4 Å². The first-order chi connectivity index (χ1) is 13.5. The smallest absolute Gasteiger partial charge is 0.335 e. The highest BCUT2D eigenvalue weighted by Crippen LogP contribution is 2.40. The van der Waals surface area contributed by atoms with Crippen LogP contribution in [0.4, 0.5) is 0 Å². The molecule has 0 aromatic heterocycles. The highest BCUT2D eigenvalue weighted by molar-refractivity contribution is 5.87. The fourth-order valence-corrected chi connectivity index (χ4v) is 3.16. The number of benzene rings is 2. The summed E-state index contributed by atoms with van der Waals surface area (Å²) in [6.07, 6.45) is 2.04. The Morgan fingerprint density at radius 2 is 1.75 bits per heavy atom. The number of aromatic carboxylic acids is 1. The van der Waals surface area contributed by atoms with Crippen LogP contribution in [0.2, 0.25) is 0 Å². The molecular weight excluding hydrogens is 358 g/mol. The molecule has 0 heterocycles. The second-order valence-corrected chi connectivity index (χ2v) is 7.10. The van der Waals surface area contributed by atoms with Crippen molar-refractivity contribution in [1.29, 1.82) is 0 Å². The van der Waals surface area contributed by atoms with Crippen LogP contribution < -0.4 is 10.1 Å². The number of carboxylic acid groups (broad SMARTS) is 1. The van der Waals surface area contributed by atoms with Crippen LogP contribution in [0.1, 0.15) is 53.3 Å². The number of hydrogen-bond acceptors (Lipinski definition) is 4. The maximum Gasteiger partial charge on any atom is 0.335 e. The van der Waals surface area contributed by atoms with E-state index in [9.17, 15) is 9.59 Å². The zero-order valence-corrected chi connectivity index (χ0v) is 16.1. The molecule has 1 amide bonds. The standard InChI is InChI=1S/C22H25NO5/c1-14(23-20(24)13-27-2)21(17-7-5-16(6-8-17)15-3-4-15)28-19-11-9-18(10-12-19)22(25)26/h5-12,14-15,21H,3-4,13H2,1-2H3,(H,23,24)(H,25,26)/t14-,21-/m0/s1. The van der Waals surface area contributed by atoms with Crippen molar-refractivity contribution in [2.75, 3.05) is 13.7 Å². The van der Waals surface area contributed by atoms with Crippen molar-refractivity contribution in [3.63, 3.8) is 0 Å². The van der Waals surface area contributed by atoms with E-state index in [1.165, 1.54) is 37.6 Å². The van der Waals surface area contributed by atoms with Crippen molar-refractivity contribution >= 4 is 11.9 Å². The van der Waals surface area contributed by atoms with E-state index in [1.807, 2.05) is 19.1 Å². The normalized spacial score (nSPS) is 15.5. The van der Waals surface area contributed by atoms with Crippen molar-refractivity contribution < 1.29 is 24.2 Å². The van der Waals surface area contributed by atoms with Gasteiger partial charge in [-0.2, -0.15) is 0 Å². The molecule has 148 valence electrons. The first kappa shape index (κ1) is 19.9. The topological polar surface area (TPSA) is 84.9 Å². The third-order valence-electron chi connectivity index (χ3n) is 4.80. The highest BCUT2D eigenvalue weighted by Gasteiger charge is 2.26. The Balaban J connectivity index is 1.80. The van der Waals surface area contributed by atoms with Crippen LogP contribution in [0, 0.1) is 0 Å². The van der Waals surface area contributed by atoms with Gasteiger partial charge < -0.3 is 19.9 Å². The van der Waals surface area contributed by atoms with Crippen LogP contribution in [0.5, 0.6) is 5.75 Å². The Morgan fingerprint density at radius 3 is 2.29 bits per heavy atom. The SMILES string of the molecule is COCC(=O)N[C@@H](C)[C@H](Oc1ccc(C(=O)O)cc1)c1ccc(C2CC2)cc1. The fraction of sp³-hybridized carbons (Fsp3) is 0.364. The highest BCUT2D eigenvalue weighted by atomic mass is 16.5. The molecule has 6 nitrogen and oxygen atoms in total. The van der Waals surface area contributed by atoms with E-state index < -0.39 is 12.1 Å². The van der Waals surface area contributed by atoms with Gasteiger partial charge in [0.25, 0.3) is 0 Å². The lowest BCUT2D eigenvalue weighted by Crippen LogP contribution is -2.40. The molecule has 0 unspecified atom stereocenters. The summed E-state index contributed by atoms with van der Waals surface area (Å²) in [5.41, 5.74) is 2.46. The van der Waals surface area contributed by atoms with Crippen LogP contribution in [0.3, 0.4) is 0 Å². The second kappa shape index (κ2) is 8.89. The number of carbonyl (C=O) groups excluding carboxylic acids is 1. The lowest BCUT2D eigenvalue weighted by atomic mass is 10.00. The molecule has 0 radical (unpaired) electrons. The monoisotopic (exact) mass is 383 g/mol. The Bertz CT molecular complexity index is 812. The van der Waals surface area contributed by atoms with Gasteiger partial charge >= 0.3 is 5.97 Å². The lowest BCUT2D eigenvalue weighted by Gasteiger charge is -2.27. The van der Waals surface area contributed by atoms with Crippen molar-refractivity contribution in [3.8, 4) is 5.75 Å². The van der Waals surface area contributed by atoms with Crippen LogP contribution >= 0.6 is 0 Å². The van der Waals surface area contributed by atoms with E-state index >= 15 is 0 Å². The molecule has 0 saturated heterocycles. The Labute approximate surface area is 164 Å². The summed E-state index contributed by atoms with van der Waals surface area (Å²) in [5.74, 6) is -0.0108. The summed E-state index contributed by atoms with van der Waals surface area (Å²) in [7, 11) is 1.47. The van der Waals surface area contributed by atoms with E-state index in [1.54, 1.807) is 12.1 Å². The molecule has 0 bridgehead atoms. The summed E-state index contributed by atoms with van der Waals surface area (Å²) < 4.78 is 11.0. The third-order valence-corrected chi connectivity index (χ3v) is 4.80. The fourth-order valence-electron chi connectivity index (χ4n) is 3.16.